The number of rotatable bonds is 2. The van der Waals surface area contributed by atoms with Gasteiger partial charge < -0.3 is 20.1 Å². The highest BCUT2D eigenvalue weighted by molar-refractivity contribution is 4.81. The molecule has 0 amide bonds. The summed E-state index contributed by atoms with van der Waals surface area (Å²) in [6, 6.07) is 0. The summed E-state index contributed by atoms with van der Waals surface area (Å²) in [5.41, 5.74) is 0. The van der Waals surface area contributed by atoms with Crippen LogP contribution < -0.4 is 5.90 Å². The van der Waals surface area contributed by atoms with Crippen molar-refractivity contribution in [1.29, 1.82) is 0 Å². The predicted octanol–water partition coefficient (Wildman–Crippen LogP) is -2.29. The van der Waals surface area contributed by atoms with Crippen molar-refractivity contribution in [3.05, 3.63) is 0 Å². The van der Waals surface area contributed by atoms with E-state index < -0.39 is 24.6 Å². The molecule has 0 unspecified atom stereocenters. The van der Waals surface area contributed by atoms with Crippen LogP contribution in [0.1, 0.15) is 6.42 Å². The standard InChI is InChI=1S/C6H13NO5/c7-12-5-1-3(9)6(10)4(2-8)11-5/h3-6,8-10H,1-2,7H2/t3-,4-,5+,6-/m1/s1. The van der Waals surface area contributed by atoms with Gasteiger partial charge in [0.15, 0.2) is 6.29 Å². The minimum Gasteiger partial charge on any atom is -0.394 e. The molecule has 0 aromatic carbocycles. The Balaban J connectivity index is 2.52. The van der Waals surface area contributed by atoms with Gasteiger partial charge in [-0.05, 0) is 0 Å². The predicted molar refractivity (Wildman–Crippen MR) is 37.6 cm³/mol. The molecule has 0 bridgehead atoms. The molecule has 5 N–H and O–H groups in total. The molecule has 0 spiro atoms. The van der Waals surface area contributed by atoms with Crippen LogP contribution in [-0.2, 0) is 9.57 Å². The molecule has 1 rings (SSSR count). The Morgan fingerprint density at radius 2 is 2.17 bits per heavy atom. The maximum absolute atomic E-state index is 9.22. The number of hydrogen-bond acceptors (Lipinski definition) is 6. The molecule has 0 aromatic rings. The topological polar surface area (TPSA) is 105 Å². The van der Waals surface area contributed by atoms with E-state index in [-0.39, 0.29) is 13.0 Å². The molecule has 0 aromatic heterocycles. The van der Waals surface area contributed by atoms with Crippen molar-refractivity contribution in [3.8, 4) is 0 Å². The average Bonchev–Trinajstić information content (AvgIpc) is 2.09. The van der Waals surface area contributed by atoms with E-state index in [4.69, 9.17) is 15.7 Å². The Labute approximate surface area is 69.5 Å². The second-order valence-corrected chi connectivity index (χ2v) is 2.72. The second-order valence-electron chi connectivity index (χ2n) is 2.72. The van der Waals surface area contributed by atoms with Gasteiger partial charge in [0, 0.05) is 6.42 Å². The molecular formula is C6H13NO5. The van der Waals surface area contributed by atoms with Crippen LogP contribution in [0.5, 0.6) is 0 Å². The minimum atomic E-state index is -1.08. The summed E-state index contributed by atoms with van der Waals surface area (Å²) in [6.45, 7) is -0.377. The maximum Gasteiger partial charge on any atom is 0.180 e. The zero-order valence-electron chi connectivity index (χ0n) is 6.46. The summed E-state index contributed by atoms with van der Waals surface area (Å²) in [5.74, 6) is 4.83. The molecule has 0 saturated carbocycles. The molecule has 0 radical (unpaired) electrons. The lowest BCUT2D eigenvalue weighted by molar-refractivity contribution is -0.258. The van der Waals surface area contributed by atoms with Crippen molar-refractivity contribution < 1.29 is 24.9 Å². The molecule has 1 heterocycles. The van der Waals surface area contributed by atoms with Crippen LogP contribution >= 0.6 is 0 Å². The first-order valence-electron chi connectivity index (χ1n) is 3.67. The number of nitrogens with two attached hydrogens (primary N) is 1. The summed E-state index contributed by atoms with van der Waals surface area (Å²) in [4.78, 5) is 4.34. The fourth-order valence-corrected chi connectivity index (χ4v) is 1.15. The number of hydrogen-bond donors (Lipinski definition) is 4. The van der Waals surface area contributed by atoms with E-state index >= 15 is 0 Å². The van der Waals surface area contributed by atoms with Crippen molar-refractivity contribution in [2.24, 2.45) is 5.90 Å². The van der Waals surface area contributed by atoms with Gasteiger partial charge in [0.25, 0.3) is 0 Å². The summed E-state index contributed by atoms with van der Waals surface area (Å²) in [5, 5.41) is 27.1. The van der Waals surface area contributed by atoms with Crippen molar-refractivity contribution >= 4 is 0 Å². The summed E-state index contributed by atoms with van der Waals surface area (Å²) >= 11 is 0. The molecule has 72 valence electrons. The lowest BCUT2D eigenvalue weighted by atomic mass is 10.0. The first-order chi connectivity index (χ1) is 5.69. The van der Waals surface area contributed by atoms with Gasteiger partial charge >= 0.3 is 0 Å². The van der Waals surface area contributed by atoms with Gasteiger partial charge in [0.1, 0.15) is 12.2 Å². The van der Waals surface area contributed by atoms with Gasteiger partial charge in [0.2, 0.25) is 0 Å². The zero-order valence-corrected chi connectivity index (χ0v) is 6.46. The smallest absolute Gasteiger partial charge is 0.180 e. The third kappa shape index (κ3) is 1.92. The van der Waals surface area contributed by atoms with Gasteiger partial charge in [-0.1, -0.05) is 0 Å². The van der Waals surface area contributed by atoms with Gasteiger partial charge in [-0.2, -0.15) is 0 Å². The third-order valence-corrected chi connectivity index (χ3v) is 1.87. The summed E-state index contributed by atoms with van der Waals surface area (Å²) in [7, 11) is 0. The second kappa shape index (κ2) is 4.13. The van der Waals surface area contributed by atoms with Crippen LogP contribution in [0.3, 0.4) is 0 Å². The highest BCUT2D eigenvalue weighted by atomic mass is 16.8. The molecule has 4 atom stereocenters. The zero-order chi connectivity index (χ0) is 9.14. The monoisotopic (exact) mass is 179 g/mol. The Kier molecular flexibility index (Phi) is 3.39. The van der Waals surface area contributed by atoms with Crippen molar-refractivity contribution in [3.63, 3.8) is 0 Å². The van der Waals surface area contributed by atoms with Gasteiger partial charge in [-0.25, -0.2) is 5.90 Å². The Morgan fingerprint density at radius 1 is 1.50 bits per heavy atom. The molecular weight excluding hydrogens is 166 g/mol. The van der Waals surface area contributed by atoms with Crippen LogP contribution in [0, 0.1) is 0 Å². The SMILES string of the molecule is NO[C@H]1C[C@@H](O)[C@@H](O)[C@@H](CO)O1. The van der Waals surface area contributed by atoms with E-state index in [1.165, 1.54) is 0 Å². The van der Waals surface area contributed by atoms with Gasteiger partial charge in [-0.3, -0.25) is 4.84 Å². The number of aliphatic hydroxyl groups is 3. The summed E-state index contributed by atoms with van der Waals surface area (Å²) in [6.07, 6.45) is -3.54. The van der Waals surface area contributed by atoms with Crippen molar-refractivity contribution in [2.75, 3.05) is 6.61 Å². The Morgan fingerprint density at radius 3 is 2.67 bits per heavy atom. The molecule has 0 aliphatic carbocycles. The quantitative estimate of drug-likeness (QED) is 0.355. The summed E-state index contributed by atoms with van der Waals surface area (Å²) < 4.78 is 4.96. The molecule has 6 nitrogen and oxygen atoms in total. The third-order valence-electron chi connectivity index (χ3n) is 1.87. The number of ether oxygens (including phenoxy) is 1. The molecule has 6 heteroatoms. The Bertz CT molecular complexity index is 144. The largest absolute Gasteiger partial charge is 0.394 e. The lowest BCUT2D eigenvalue weighted by Crippen LogP contribution is -2.51. The van der Waals surface area contributed by atoms with Gasteiger partial charge in [0.05, 0.1) is 12.7 Å². The minimum absolute atomic E-state index is 0.105. The average molecular weight is 179 g/mol. The van der Waals surface area contributed by atoms with E-state index in [1.807, 2.05) is 0 Å². The van der Waals surface area contributed by atoms with Crippen molar-refractivity contribution in [2.45, 2.75) is 31.0 Å². The highest BCUT2D eigenvalue weighted by Crippen LogP contribution is 2.19. The Hall–Kier alpha value is -0.240. The molecule has 12 heavy (non-hydrogen) atoms. The molecule has 1 aliphatic rings. The van der Waals surface area contributed by atoms with Crippen LogP contribution in [0.15, 0.2) is 0 Å². The molecule has 1 aliphatic heterocycles. The van der Waals surface area contributed by atoms with E-state index in [1.54, 1.807) is 0 Å². The van der Waals surface area contributed by atoms with E-state index in [0.29, 0.717) is 0 Å². The van der Waals surface area contributed by atoms with E-state index in [2.05, 4.69) is 4.84 Å². The maximum atomic E-state index is 9.22. The van der Waals surface area contributed by atoms with Crippen LogP contribution in [0.25, 0.3) is 0 Å². The van der Waals surface area contributed by atoms with Crippen LogP contribution in [-0.4, -0.2) is 46.5 Å². The van der Waals surface area contributed by atoms with E-state index in [9.17, 15) is 10.2 Å². The normalized spacial score (nSPS) is 43.0. The van der Waals surface area contributed by atoms with Crippen molar-refractivity contribution in [1.82, 2.24) is 0 Å². The first-order valence-corrected chi connectivity index (χ1v) is 3.67. The molecule has 1 fully saturated rings. The van der Waals surface area contributed by atoms with Crippen LogP contribution in [0.4, 0.5) is 0 Å². The highest BCUT2D eigenvalue weighted by Gasteiger charge is 2.36. The fourth-order valence-electron chi connectivity index (χ4n) is 1.15. The number of aliphatic hydroxyl groups excluding tert-OH is 3. The molecule has 1 saturated heterocycles. The first kappa shape index (κ1) is 9.85. The van der Waals surface area contributed by atoms with E-state index in [0.717, 1.165) is 0 Å². The van der Waals surface area contributed by atoms with Crippen LogP contribution in [0.2, 0.25) is 0 Å². The lowest BCUT2D eigenvalue weighted by Gasteiger charge is -2.34. The van der Waals surface area contributed by atoms with Gasteiger partial charge in [-0.15, -0.1) is 0 Å². The fraction of sp³-hybridized carbons (Fsp3) is 1.00.